The molecule has 0 saturated heterocycles. The first kappa shape index (κ1) is 52.3. The Balaban J connectivity index is 2.66. The molecule has 8 atom stereocenters. The van der Waals surface area contributed by atoms with Crippen LogP contribution in [-0.2, 0) is 41.8 Å². The fourth-order valence-corrected chi connectivity index (χ4v) is 7.78. The van der Waals surface area contributed by atoms with E-state index >= 15 is 0 Å². The van der Waals surface area contributed by atoms with Gasteiger partial charge in [0, 0.05) is 24.3 Å². The molecule has 19 nitrogen and oxygen atoms in total. The summed E-state index contributed by atoms with van der Waals surface area (Å²) in [6.07, 6.45) is 5.59. The van der Waals surface area contributed by atoms with E-state index < -0.39 is 83.5 Å². The molecule has 0 radical (unpaired) electrons. The number of azide groups is 1. The minimum atomic E-state index is -5.36. The fraction of sp³-hybridized carbons (Fsp3) is 0.943. The Kier molecular flexibility index (Phi) is 28.4. The number of hydrogen-bond acceptors (Lipinski definition) is 14. The van der Waals surface area contributed by atoms with E-state index in [2.05, 4.69) is 21.5 Å². The van der Waals surface area contributed by atoms with Crippen molar-refractivity contribution in [2.45, 2.75) is 191 Å². The molecule has 328 valence electrons. The summed E-state index contributed by atoms with van der Waals surface area (Å²) in [4.78, 5) is 56.6. The van der Waals surface area contributed by atoms with Gasteiger partial charge in [-0.25, -0.2) is 9.13 Å². The van der Waals surface area contributed by atoms with Crippen LogP contribution in [-0.4, -0.2) is 110 Å². The van der Waals surface area contributed by atoms with Crippen LogP contribution in [0.5, 0.6) is 0 Å². The lowest BCUT2D eigenvalue weighted by atomic mass is 9.85. The minimum Gasteiger partial charge on any atom is -0.462 e. The predicted molar refractivity (Wildman–Crippen MR) is 204 cm³/mol. The molecule has 0 aromatic carbocycles. The Morgan fingerprint density at radius 3 is 1.55 bits per heavy atom. The zero-order valence-electron chi connectivity index (χ0n) is 32.8. The van der Waals surface area contributed by atoms with Crippen molar-refractivity contribution < 1.29 is 76.9 Å². The second-order valence-corrected chi connectivity index (χ2v) is 16.9. The lowest BCUT2D eigenvalue weighted by Crippen LogP contribution is -2.64. The van der Waals surface area contributed by atoms with Crippen LogP contribution in [0.3, 0.4) is 0 Å². The largest absolute Gasteiger partial charge is 0.472 e. The van der Waals surface area contributed by atoms with Crippen molar-refractivity contribution in [1.82, 2.24) is 0 Å². The van der Waals surface area contributed by atoms with E-state index in [0.29, 0.717) is 19.4 Å². The summed E-state index contributed by atoms with van der Waals surface area (Å²) >= 11 is 0. The third kappa shape index (κ3) is 24.9. The van der Waals surface area contributed by atoms with Crippen molar-refractivity contribution in [2.75, 3.05) is 19.8 Å². The molecule has 1 aliphatic carbocycles. The molecule has 0 aliphatic heterocycles. The number of esters is 2. The third-order valence-corrected chi connectivity index (χ3v) is 10.9. The highest BCUT2D eigenvalue weighted by molar-refractivity contribution is 7.47. The number of unbranched alkanes of at least 4 members (excludes halogenated alkanes) is 18. The molecule has 1 fully saturated rings. The van der Waals surface area contributed by atoms with Crippen molar-refractivity contribution in [3.05, 3.63) is 10.4 Å². The Hall–Kier alpha value is -1.69. The molecule has 0 amide bonds. The van der Waals surface area contributed by atoms with Gasteiger partial charge in [-0.2, -0.15) is 0 Å². The van der Waals surface area contributed by atoms with E-state index in [-0.39, 0.29) is 12.8 Å². The van der Waals surface area contributed by atoms with Gasteiger partial charge in [0.15, 0.2) is 6.10 Å². The Bertz CT molecular complexity index is 1220. The van der Waals surface area contributed by atoms with E-state index in [1.165, 1.54) is 51.4 Å². The molecule has 1 saturated carbocycles. The number of carbonyl (C=O) groups is 2. The first-order valence-corrected chi connectivity index (χ1v) is 23.1. The number of carbonyl (C=O) groups excluding carboxylic acids is 2. The summed E-state index contributed by atoms with van der Waals surface area (Å²) in [6, 6.07) is 0. The molecule has 56 heavy (non-hydrogen) atoms. The van der Waals surface area contributed by atoms with Crippen LogP contribution in [0.25, 0.3) is 10.4 Å². The van der Waals surface area contributed by atoms with Gasteiger partial charge in [-0.1, -0.05) is 121 Å². The molecule has 0 aromatic rings. The molecule has 21 heteroatoms. The number of phosphoric ester groups is 2. The number of aliphatic hydroxyl groups excluding tert-OH is 4. The SMILES string of the molecule is CCCCCCCCCCCCCCCC(=O)O[C@H](COC(=O)CCCCCCCCCN=[N+]=[N-])COP(=O)(O)OC1C(O)[C@H](O)C(O)[C@H](OP(=O)(O)O)[C@@H]1O. The lowest BCUT2D eigenvalue weighted by Gasteiger charge is -2.43. The molecular weight excluding hydrogens is 780 g/mol. The van der Waals surface area contributed by atoms with Gasteiger partial charge < -0.3 is 44.6 Å². The molecule has 0 bridgehead atoms. The first-order chi connectivity index (χ1) is 26.6. The maximum Gasteiger partial charge on any atom is 0.472 e. The van der Waals surface area contributed by atoms with Crippen LogP contribution < -0.4 is 0 Å². The minimum absolute atomic E-state index is 0.0304. The van der Waals surface area contributed by atoms with Crippen LogP contribution in [0.4, 0.5) is 0 Å². The molecule has 0 spiro atoms. The van der Waals surface area contributed by atoms with Crippen LogP contribution >= 0.6 is 15.6 Å². The topological polar surface area (TPSA) is 305 Å². The van der Waals surface area contributed by atoms with Gasteiger partial charge >= 0.3 is 27.6 Å². The van der Waals surface area contributed by atoms with Gasteiger partial charge in [0.05, 0.1) is 6.61 Å². The van der Waals surface area contributed by atoms with E-state index in [4.69, 9.17) is 33.8 Å². The van der Waals surface area contributed by atoms with Crippen LogP contribution in [0.1, 0.15) is 148 Å². The van der Waals surface area contributed by atoms with E-state index in [1.54, 1.807) is 0 Å². The average Bonchev–Trinajstić information content (AvgIpc) is 3.14. The fourth-order valence-electron chi connectivity index (χ4n) is 6.24. The quantitative estimate of drug-likeness (QED) is 0.0101. The number of aliphatic hydroxyl groups is 4. The van der Waals surface area contributed by atoms with E-state index in [1.807, 2.05) is 0 Å². The zero-order valence-corrected chi connectivity index (χ0v) is 34.5. The van der Waals surface area contributed by atoms with Crippen molar-refractivity contribution in [3.8, 4) is 0 Å². The van der Waals surface area contributed by atoms with E-state index in [9.17, 15) is 44.0 Å². The van der Waals surface area contributed by atoms with Crippen LogP contribution in [0.2, 0.25) is 0 Å². The van der Waals surface area contributed by atoms with Crippen molar-refractivity contribution >= 4 is 27.6 Å². The maximum atomic E-state index is 12.9. The second kappa shape index (κ2) is 30.4. The van der Waals surface area contributed by atoms with Gasteiger partial charge in [0.1, 0.15) is 43.2 Å². The molecule has 0 heterocycles. The number of phosphoric acid groups is 2. The van der Waals surface area contributed by atoms with Crippen molar-refractivity contribution in [2.24, 2.45) is 5.11 Å². The normalized spacial score (nSPS) is 22.9. The van der Waals surface area contributed by atoms with Gasteiger partial charge in [0.2, 0.25) is 0 Å². The Morgan fingerprint density at radius 2 is 1.07 bits per heavy atom. The Labute approximate surface area is 330 Å². The van der Waals surface area contributed by atoms with Crippen LogP contribution in [0, 0.1) is 0 Å². The predicted octanol–water partition coefficient (Wildman–Crippen LogP) is 5.79. The van der Waals surface area contributed by atoms with E-state index in [0.717, 1.165) is 64.2 Å². The summed E-state index contributed by atoms with van der Waals surface area (Å²) in [7, 11) is -10.7. The first-order valence-electron chi connectivity index (χ1n) is 20.1. The van der Waals surface area contributed by atoms with Gasteiger partial charge in [-0.15, -0.1) is 0 Å². The number of nitrogens with zero attached hydrogens (tertiary/aromatic N) is 3. The summed E-state index contributed by atoms with van der Waals surface area (Å²) in [5.41, 5.74) is 8.31. The zero-order chi connectivity index (χ0) is 41.8. The van der Waals surface area contributed by atoms with Gasteiger partial charge in [-0.05, 0) is 24.8 Å². The maximum absolute atomic E-state index is 12.9. The summed E-state index contributed by atoms with van der Waals surface area (Å²) in [5, 5.41) is 44.5. The molecule has 4 unspecified atom stereocenters. The van der Waals surface area contributed by atoms with Gasteiger partial charge in [-0.3, -0.25) is 23.2 Å². The average molecular weight is 848 g/mol. The summed E-state index contributed by atoms with van der Waals surface area (Å²) in [5.74, 6) is -1.27. The van der Waals surface area contributed by atoms with Crippen molar-refractivity contribution in [3.63, 3.8) is 0 Å². The van der Waals surface area contributed by atoms with Crippen LogP contribution in [0.15, 0.2) is 5.11 Å². The van der Waals surface area contributed by atoms with Crippen molar-refractivity contribution in [1.29, 1.82) is 0 Å². The highest BCUT2D eigenvalue weighted by atomic mass is 31.2. The monoisotopic (exact) mass is 847 g/mol. The summed E-state index contributed by atoms with van der Waals surface area (Å²) in [6.45, 7) is 1.28. The Morgan fingerprint density at radius 1 is 0.625 bits per heavy atom. The number of hydrogen-bond donors (Lipinski definition) is 7. The molecule has 1 aliphatic rings. The third-order valence-electron chi connectivity index (χ3n) is 9.40. The standard InChI is InChI=1S/C35H67N3O16P2/c1-2-3-4-5-6-7-8-9-10-11-13-17-20-23-29(40)52-27(25-50-28(39)22-19-16-14-12-15-18-21-24-37-38-36)26-51-56(48,49)54-35-32(43)30(41)31(42)34(33(35)44)53-55(45,46)47/h27,30-35,41-44H,2-26H2,1H3,(H,48,49)(H2,45,46,47)/t27-,30-,31?,32?,33+,34+,35?/m1/s1. The molecule has 7 N–H and O–H groups in total. The molecule has 1 rings (SSSR count). The second-order valence-electron chi connectivity index (χ2n) is 14.3. The molecular formula is C35H67N3O16P2. The highest BCUT2D eigenvalue weighted by Crippen LogP contribution is 2.49. The number of ether oxygens (including phenoxy) is 2. The van der Waals surface area contributed by atoms with Gasteiger partial charge in [0.25, 0.3) is 0 Å². The highest BCUT2D eigenvalue weighted by Gasteiger charge is 2.54. The lowest BCUT2D eigenvalue weighted by molar-refractivity contribution is -0.216. The summed E-state index contributed by atoms with van der Waals surface area (Å²) < 4.78 is 49.0. The molecule has 0 aromatic heterocycles. The smallest absolute Gasteiger partial charge is 0.462 e. The number of rotatable bonds is 34.